The Hall–Kier alpha value is -2.69. The van der Waals surface area contributed by atoms with E-state index < -0.39 is 10.9 Å². The second kappa shape index (κ2) is 10.7. The molecule has 2 unspecified atom stereocenters. The molecule has 0 spiro atoms. The van der Waals surface area contributed by atoms with E-state index in [-0.39, 0.29) is 17.9 Å². The number of nitrogens with one attached hydrogen (secondary N) is 1. The number of benzene rings is 1. The summed E-state index contributed by atoms with van der Waals surface area (Å²) in [4.78, 5) is 27.7. The zero-order chi connectivity index (χ0) is 24.2. The normalized spacial score (nSPS) is 19.5. The maximum Gasteiger partial charge on any atom is 0.352 e. The molecule has 1 aromatic carbocycles. The van der Waals surface area contributed by atoms with E-state index >= 15 is 0 Å². The van der Waals surface area contributed by atoms with Crippen LogP contribution in [0.1, 0.15) is 61.3 Å². The first-order valence-electron chi connectivity index (χ1n) is 12.1. The van der Waals surface area contributed by atoms with Crippen LogP contribution in [0.5, 0.6) is 0 Å². The Morgan fingerprint density at radius 3 is 2.50 bits per heavy atom. The van der Waals surface area contributed by atoms with Crippen LogP contribution in [0.3, 0.4) is 0 Å². The number of hydrogen-bond acceptors (Lipinski definition) is 2. The number of rotatable bonds is 6. The molecular weight excluding hydrogens is 444 g/mol. The smallest absolute Gasteiger partial charge is 0.342 e. The highest BCUT2D eigenvalue weighted by Gasteiger charge is 2.25. The second-order valence-electron chi connectivity index (χ2n) is 9.52. The molecule has 3 aliphatic carbocycles. The monoisotopic (exact) mass is 478 g/mol. The van der Waals surface area contributed by atoms with E-state index in [2.05, 4.69) is 28.6 Å². The van der Waals surface area contributed by atoms with Crippen LogP contribution >= 0.6 is 0 Å². The van der Waals surface area contributed by atoms with Crippen molar-refractivity contribution in [3.8, 4) is 12.3 Å². The number of anilines is 1. The third kappa shape index (κ3) is 5.34. The summed E-state index contributed by atoms with van der Waals surface area (Å²) in [6.07, 6.45) is 17.4. The van der Waals surface area contributed by atoms with Crippen molar-refractivity contribution in [2.45, 2.75) is 64.7 Å². The maximum absolute atomic E-state index is 12.9. The summed E-state index contributed by atoms with van der Waals surface area (Å²) in [6.45, 7) is 2.66. The fraction of sp³-hybridized carbons (Fsp3) is 0.481. The highest BCUT2D eigenvalue weighted by atomic mass is 32.2. The number of aryl methyl sites for hydroxylation is 2. The number of amides is 3. The van der Waals surface area contributed by atoms with Crippen LogP contribution in [0.4, 0.5) is 10.5 Å². The van der Waals surface area contributed by atoms with Gasteiger partial charge >= 0.3 is 6.03 Å². The Kier molecular flexibility index (Phi) is 7.70. The summed E-state index contributed by atoms with van der Waals surface area (Å²) < 4.78 is 4.32. The molecule has 1 aromatic rings. The molecule has 3 aliphatic rings. The Balaban J connectivity index is 1.45. The van der Waals surface area contributed by atoms with Gasteiger partial charge in [-0.05, 0) is 73.1 Å². The van der Waals surface area contributed by atoms with Crippen LogP contribution in [-0.2, 0) is 41.4 Å². The number of carbonyl (C=O) groups excluding carboxylic acids is 2. The van der Waals surface area contributed by atoms with Crippen molar-refractivity contribution in [1.82, 2.24) is 4.90 Å². The summed E-state index contributed by atoms with van der Waals surface area (Å²) in [5, 5.41) is 9.50. The van der Waals surface area contributed by atoms with Crippen molar-refractivity contribution in [1.29, 1.82) is 0 Å². The molecule has 0 aromatic heterocycles. The highest BCUT2D eigenvalue weighted by Crippen LogP contribution is 2.38. The van der Waals surface area contributed by atoms with Gasteiger partial charge in [-0.25, -0.2) is 4.79 Å². The molecule has 6 nitrogen and oxygen atoms in total. The van der Waals surface area contributed by atoms with E-state index in [4.69, 9.17) is 11.6 Å². The molecule has 0 saturated heterocycles. The molecule has 0 heterocycles. The van der Waals surface area contributed by atoms with Gasteiger partial charge in [0.15, 0.2) is 0 Å². The molecule has 3 amide bonds. The number of hydrogen-bond donors (Lipinski definition) is 2. The molecule has 3 N–H and O–H groups in total. The molecule has 0 radical (unpaired) electrons. The largest absolute Gasteiger partial charge is 0.352 e. The lowest BCUT2D eigenvalue weighted by Gasteiger charge is -2.25. The number of terminal acetylenes is 1. The highest BCUT2D eigenvalue weighted by molar-refractivity contribution is 7.89. The van der Waals surface area contributed by atoms with Gasteiger partial charge < -0.3 is 10.2 Å². The van der Waals surface area contributed by atoms with E-state index in [0.29, 0.717) is 19.4 Å². The average molecular weight is 479 g/mol. The number of fused-ring (bicyclic) bond motifs is 2. The van der Waals surface area contributed by atoms with E-state index in [1.165, 1.54) is 22.3 Å². The number of allylic oxidation sites excluding steroid dienone is 3. The lowest BCUT2D eigenvalue weighted by Crippen LogP contribution is -2.29. The third-order valence-electron chi connectivity index (χ3n) is 7.01. The first-order chi connectivity index (χ1) is 16.4. The number of nitrogens with zero attached hydrogens (tertiary/aromatic N) is 2. The molecule has 0 fully saturated rings. The van der Waals surface area contributed by atoms with Crippen molar-refractivity contribution in [3.63, 3.8) is 0 Å². The molecule has 180 valence electrons. The maximum atomic E-state index is 12.9. The molecular formula is C27H34N4O2S. The SMILES string of the molecule is C#CCCC(=O)N(C)CC1=CC=C(S(N)=NC(=O)Nc2c3c(cc4c2CCC4)CCC3)C(C)C1. The number of likely N-dealkylation sites (N-methyl/N-ethyl adjacent to an activating group) is 1. The zero-order valence-electron chi connectivity index (χ0n) is 20.2. The van der Waals surface area contributed by atoms with Crippen LogP contribution < -0.4 is 10.5 Å². The molecule has 2 atom stereocenters. The molecule has 7 heteroatoms. The van der Waals surface area contributed by atoms with Crippen molar-refractivity contribution >= 4 is 28.5 Å². The summed E-state index contributed by atoms with van der Waals surface area (Å²) in [6, 6.07) is 1.99. The van der Waals surface area contributed by atoms with E-state index in [1.54, 1.807) is 11.9 Å². The van der Waals surface area contributed by atoms with Crippen LogP contribution in [0.15, 0.2) is 33.1 Å². The first kappa shape index (κ1) is 24.4. The van der Waals surface area contributed by atoms with Crippen LogP contribution in [0, 0.1) is 18.3 Å². The van der Waals surface area contributed by atoms with Gasteiger partial charge in [0.25, 0.3) is 0 Å². The van der Waals surface area contributed by atoms with Gasteiger partial charge in [-0.15, -0.1) is 12.3 Å². The lowest BCUT2D eigenvalue weighted by molar-refractivity contribution is -0.129. The van der Waals surface area contributed by atoms with Crippen molar-refractivity contribution < 1.29 is 9.59 Å². The molecule has 0 bridgehead atoms. The Labute approximate surface area is 205 Å². The lowest BCUT2D eigenvalue weighted by atomic mass is 9.95. The van der Waals surface area contributed by atoms with Crippen molar-refractivity contribution in [3.05, 3.63) is 51.0 Å². The molecule has 4 rings (SSSR count). The summed E-state index contributed by atoms with van der Waals surface area (Å²) in [7, 11) is 0.799. The van der Waals surface area contributed by atoms with E-state index in [1.807, 2.05) is 12.2 Å². The fourth-order valence-electron chi connectivity index (χ4n) is 5.32. The van der Waals surface area contributed by atoms with E-state index in [9.17, 15) is 9.59 Å². The molecule has 0 aliphatic heterocycles. The van der Waals surface area contributed by atoms with Crippen LogP contribution in [0.2, 0.25) is 0 Å². The topological polar surface area (TPSA) is 87.8 Å². The first-order valence-corrected chi connectivity index (χ1v) is 13.4. The predicted molar refractivity (Wildman–Crippen MR) is 139 cm³/mol. The van der Waals surface area contributed by atoms with Gasteiger partial charge in [-0.2, -0.15) is 4.36 Å². The van der Waals surface area contributed by atoms with E-state index in [0.717, 1.165) is 61.1 Å². The van der Waals surface area contributed by atoms with Gasteiger partial charge in [0.05, 0.1) is 0 Å². The van der Waals surface area contributed by atoms with Gasteiger partial charge in [0, 0.05) is 47.9 Å². The van der Waals surface area contributed by atoms with Crippen molar-refractivity contribution in [2.24, 2.45) is 15.4 Å². The summed E-state index contributed by atoms with van der Waals surface area (Å²) >= 11 is 0. The minimum atomic E-state index is -1.00. The van der Waals surface area contributed by atoms with Crippen molar-refractivity contribution in [2.75, 3.05) is 18.9 Å². The minimum Gasteiger partial charge on any atom is -0.342 e. The summed E-state index contributed by atoms with van der Waals surface area (Å²) in [5.74, 6) is 2.71. The Bertz CT molecular complexity index is 1110. The van der Waals surface area contributed by atoms with Gasteiger partial charge in [0.1, 0.15) is 0 Å². The van der Waals surface area contributed by atoms with Crippen LogP contribution in [0.25, 0.3) is 0 Å². The number of urea groups is 1. The molecule has 0 saturated carbocycles. The average Bonchev–Trinajstić information content (AvgIpc) is 3.46. The quantitative estimate of drug-likeness (QED) is 0.586. The number of nitrogens with two attached hydrogens (primary N) is 1. The van der Waals surface area contributed by atoms with Gasteiger partial charge in [-0.1, -0.05) is 30.7 Å². The predicted octanol–water partition coefficient (Wildman–Crippen LogP) is 4.59. The number of carbonyl (C=O) groups is 2. The van der Waals surface area contributed by atoms with Crippen LogP contribution in [-0.4, -0.2) is 30.4 Å². The third-order valence-corrected chi connectivity index (χ3v) is 8.40. The minimum absolute atomic E-state index is 0.0467. The zero-order valence-corrected chi connectivity index (χ0v) is 21.0. The summed E-state index contributed by atoms with van der Waals surface area (Å²) in [5.41, 5.74) is 7.50. The van der Waals surface area contributed by atoms with Gasteiger partial charge in [0.2, 0.25) is 5.91 Å². The Morgan fingerprint density at radius 1 is 1.21 bits per heavy atom. The standard InChI is InChI=1S/C27H34N4O2S/c1-4-5-12-25(32)31(3)17-19-13-14-24(18(2)15-19)34(28)30-27(33)29-26-22-10-6-8-20(22)16-21-9-7-11-23(21)26/h1,13-14,16,18H,5-12,15,17H2,2-3H3,(H3,28,29,30,33). The van der Waals surface area contributed by atoms with Gasteiger partial charge in [-0.3, -0.25) is 9.93 Å². The second-order valence-corrected chi connectivity index (χ2v) is 10.8. The fourth-order valence-corrected chi connectivity index (χ4v) is 6.35. The Morgan fingerprint density at radius 2 is 1.88 bits per heavy atom. The molecule has 34 heavy (non-hydrogen) atoms.